The number of ether oxygens (including phenoxy) is 3. The fourth-order valence-electron chi connectivity index (χ4n) is 5.49. The van der Waals surface area contributed by atoms with Crippen molar-refractivity contribution in [1.29, 1.82) is 0 Å². The normalized spacial score (nSPS) is 21.9. The molecule has 2 aromatic carbocycles. The van der Waals surface area contributed by atoms with E-state index in [2.05, 4.69) is 16.3 Å². The number of hydrogen-bond donors (Lipinski definition) is 1. The predicted octanol–water partition coefficient (Wildman–Crippen LogP) is 4.11. The van der Waals surface area contributed by atoms with Crippen LogP contribution in [0.2, 0.25) is 0 Å². The number of carbonyl (C=O) groups is 1. The van der Waals surface area contributed by atoms with Gasteiger partial charge in [0.15, 0.2) is 11.5 Å². The van der Waals surface area contributed by atoms with Crippen molar-refractivity contribution in [2.24, 2.45) is 0 Å². The van der Waals surface area contributed by atoms with Gasteiger partial charge in [-0.05, 0) is 80.5 Å². The van der Waals surface area contributed by atoms with Crippen molar-refractivity contribution in [3.05, 3.63) is 53.8 Å². The largest absolute Gasteiger partial charge is 0.494 e. The molecular weight excluding hydrogens is 435 g/mol. The lowest BCUT2D eigenvalue weighted by molar-refractivity contribution is -0.122. The van der Waals surface area contributed by atoms with Gasteiger partial charge in [-0.25, -0.2) is 4.39 Å². The highest BCUT2D eigenvalue weighted by Crippen LogP contribution is 2.37. The Kier molecular flexibility index (Phi) is 7.19. The number of carbonyl (C=O) groups excluding carboxylic acids is 1. The number of halogens is 1. The Hall–Kier alpha value is -2.80. The molecule has 2 saturated heterocycles. The van der Waals surface area contributed by atoms with Gasteiger partial charge in [0.25, 0.3) is 0 Å². The summed E-state index contributed by atoms with van der Waals surface area (Å²) in [5.41, 5.74) is 1.14. The minimum absolute atomic E-state index is 0.0364. The molecule has 1 atom stereocenters. The molecule has 34 heavy (non-hydrogen) atoms. The second kappa shape index (κ2) is 10.6. The van der Waals surface area contributed by atoms with Crippen LogP contribution in [0.1, 0.15) is 44.1 Å². The molecular formula is C27H33FN2O4. The Bertz CT molecular complexity index is 963. The van der Waals surface area contributed by atoms with Gasteiger partial charge < -0.3 is 19.5 Å². The molecule has 182 valence electrons. The molecule has 5 rings (SSSR count). The Morgan fingerprint density at radius 2 is 1.74 bits per heavy atom. The van der Waals surface area contributed by atoms with Crippen LogP contribution >= 0.6 is 0 Å². The van der Waals surface area contributed by atoms with E-state index in [-0.39, 0.29) is 17.8 Å². The van der Waals surface area contributed by atoms with Gasteiger partial charge in [-0.3, -0.25) is 9.69 Å². The number of nitrogens with zero attached hydrogens (tertiary/aromatic N) is 1. The third-order valence-electron chi connectivity index (χ3n) is 7.12. The van der Waals surface area contributed by atoms with E-state index >= 15 is 0 Å². The van der Waals surface area contributed by atoms with Gasteiger partial charge >= 0.3 is 0 Å². The zero-order valence-corrected chi connectivity index (χ0v) is 19.5. The Morgan fingerprint density at radius 3 is 2.47 bits per heavy atom. The van der Waals surface area contributed by atoms with Crippen LogP contribution in [-0.2, 0) is 11.2 Å². The van der Waals surface area contributed by atoms with E-state index in [0.717, 1.165) is 30.0 Å². The second-order valence-electron chi connectivity index (χ2n) is 9.51. The molecule has 0 saturated carbocycles. The van der Waals surface area contributed by atoms with Crippen molar-refractivity contribution < 1.29 is 23.4 Å². The van der Waals surface area contributed by atoms with Gasteiger partial charge in [-0.15, -0.1) is 0 Å². The average molecular weight is 469 g/mol. The highest BCUT2D eigenvalue weighted by Gasteiger charge is 2.40. The summed E-state index contributed by atoms with van der Waals surface area (Å²) in [6.45, 7) is 2.44. The summed E-state index contributed by atoms with van der Waals surface area (Å²) in [4.78, 5) is 15.4. The molecule has 6 nitrogen and oxygen atoms in total. The summed E-state index contributed by atoms with van der Waals surface area (Å²) in [6.07, 6.45) is 6.85. The quantitative estimate of drug-likeness (QED) is 0.532. The molecule has 3 aliphatic rings. The molecule has 3 heterocycles. The number of amides is 1. The zero-order chi connectivity index (χ0) is 23.3. The van der Waals surface area contributed by atoms with Crippen LogP contribution in [0.5, 0.6) is 17.2 Å². The van der Waals surface area contributed by atoms with E-state index in [0.29, 0.717) is 50.5 Å². The van der Waals surface area contributed by atoms with Crippen LogP contribution in [-0.4, -0.2) is 55.3 Å². The first-order valence-corrected chi connectivity index (χ1v) is 12.5. The maximum Gasteiger partial charge on any atom is 0.220 e. The minimum atomic E-state index is -0.290. The number of benzene rings is 2. The average Bonchev–Trinajstić information content (AvgIpc) is 3.42. The minimum Gasteiger partial charge on any atom is -0.494 e. The van der Waals surface area contributed by atoms with Crippen LogP contribution in [0.3, 0.4) is 0 Å². The fraction of sp³-hybridized carbons (Fsp3) is 0.519. The highest BCUT2D eigenvalue weighted by molar-refractivity contribution is 5.76. The smallest absolute Gasteiger partial charge is 0.220 e. The number of hydrogen-bond acceptors (Lipinski definition) is 5. The number of rotatable bonds is 10. The van der Waals surface area contributed by atoms with Gasteiger partial charge in [0, 0.05) is 31.1 Å². The standard InChI is InChI=1S/C27H33FN2O4/c28-20-4-10-24(11-5-20)32-13-1-2-27(31)29-21(18-30-22-6-7-23(30)9-8-22)16-19-3-12-25-26(17-19)34-15-14-33-25/h3-5,10-12,17,21-23H,1-2,6-9,13-16,18H2,(H,29,31)/t21-,22?,23?/m1/s1. The Balaban J connectivity index is 1.17. The van der Waals surface area contributed by atoms with Gasteiger partial charge in [0.1, 0.15) is 24.8 Å². The lowest BCUT2D eigenvalue weighted by Crippen LogP contribution is -2.46. The first-order valence-electron chi connectivity index (χ1n) is 12.5. The predicted molar refractivity (Wildman–Crippen MR) is 127 cm³/mol. The van der Waals surface area contributed by atoms with Crippen LogP contribution in [0.25, 0.3) is 0 Å². The molecule has 2 aromatic rings. The maximum absolute atomic E-state index is 13.0. The molecule has 3 aliphatic heterocycles. The Morgan fingerprint density at radius 1 is 1.03 bits per heavy atom. The van der Waals surface area contributed by atoms with E-state index in [4.69, 9.17) is 14.2 Å². The van der Waals surface area contributed by atoms with E-state index < -0.39 is 0 Å². The first-order chi connectivity index (χ1) is 16.6. The topological polar surface area (TPSA) is 60.0 Å². The summed E-state index contributed by atoms with van der Waals surface area (Å²) in [5.74, 6) is 1.93. The lowest BCUT2D eigenvalue weighted by Gasteiger charge is -2.29. The van der Waals surface area contributed by atoms with E-state index in [1.165, 1.54) is 37.8 Å². The summed E-state index contributed by atoms with van der Waals surface area (Å²) in [7, 11) is 0. The number of nitrogens with one attached hydrogen (secondary N) is 1. The number of fused-ring (bicyclic) bond motifs is 3. The van der Waals surface area contributed by atoms with Crippen LogP contribution < -0.4 is 19.5 Å². The van der Waals surface area contributed by atoms with Gasteiger partial charge in [-0.1, -0.05) is 6.07 Å². The SMILES string of the molecule is O=C(CCCOc1ccc(F)cc1)N[C@H](Cc1ccc2c(c1)OCCO2)CN1C2CCC1CC2. The van der Waals surface area contributed by atoms with Crippen molar-refractivity contribution in [2.75, 3.05) is 26.4 Å². The van der Waals surface area contributed by atoms with Crippen molar-refractivity contribution in [3.63, 3.8) is 0 Å². The summed E-state index contributed by atoms with van der Waals surface area (Å²) >= 11 is 0. The molecule has 2 fully saturated rings. The molecule has 0 unspecified atom stereocenters. The highest BCUT2D eigenvalue weighted by atomic mass is 19.1. The molecule has 7 heteroatoms. The lowest BCUT2D eigenvalue weighted by atomic mass is 10.0. The molecule has 1 N–H and O–H groups in total. The molecule has 0 aliphatic carbocycles. The molecule has 0 spiro atoms. The van der Waals surface area contributed by atoms with Crippen LogP contribution in [0.4, 0.5) is 4.39 Å². The molecule has 1 amide bonds. The van der Waals surface area contributed by atoms with Gasteiger partial charge in [0.2, 0.25) is 5.91 Å². The molecule has 2 bridgehead atoms. The summed E-state index contributed by atoms with van der Waals surface area (Å²) in [5, 5.41) is 3.29. The Labute approximate surface area is 200 Å². The fourth-order valence-corrected chi connectivity index (χ4v) is 5.49. The van der Waals surface area contributed by atoms with Crippen molar-refractivity contribution >= 4 is 5.91 Å². The zero-order valence-electron chi connectivity index (χ0n) is 19.5. The van der Waals surface area contributed by atoms with Crippen LogP contribution in [0, 0.1) is 5.82 Å². The van der Waals surface area contributed by atoms with E-state index in [1.54, 1.807) is 12.1 Å². The third-order valence-corrected chi connectivity index (χ3v) is 7.12. The van der Waals surface area contributed by atoms with Crippen molar-refractivity contribution in [2.45, 2.75) is 63.1 Å². The van der Waals surface area contributed by atoms with E-state index in [1.807, 2.05) is 12.1 Å². The monoisotopic (exact) mass is 468 g/mol. The summed E-state index contributed by atoms with van der Waals surface area (Å²) in [6, 6.07) is 13.4. The van der Waals surface area contributed by atoms with E-state index in [9.17, 15) is 9.18 Å². The van der Waals surface area contributed by atoms with Crippen LogP contribution in [0.15, 0.2) is 42.5 Å². The van der Waals surface area contributed by atoms with Crippen molar-refractivity contribution in [3.8, 4) is 17.2 Å². The molecule has 0 radical (unpaired) electrons. The third kappa shape index (κ3) is 5.63. The maximum atomic E-state index is 13.0. The van der Waals surface area contributed by atoms with Gasteiger partial charge in [0.05, 0.1) is 6.61 Å². The van der Waals surface area contributed by atoms with Crippen molar-refractivity contribution in [1.82, 2.24) is 10.2 Å². The summed E-state index contributed by atoms with van der Waals surface area (Å²) < 4.78 is 30.0. The van der Waals surface area contributed by atoms with Gasteiger partial charge in [-0.2, -0.15) is 0 Å². The second-order valence-corrected chi connectivity index (χ2v) is 9.51. The molecule has 0 aromatic heterocycles. The first kappa shape index (κ1) is 23.0.